The molecule has 2 heteroatoms. The lowest BCUT2D eigenvalue weighted by Gasteiger charge is -2.18. The molecule has 0 amide bonds. The minimum atomic E-state index is 0. The van der Waals surface area contributed by atoms with Gasteiger partial charge in [-0.1, -0.05) is 72.1 Å². The normalized spacial score (nSPS) is 10.9. The van der Waals surface area contributed by atoms with E-state index in [1.807, 2.05) is 4.90 Å². The van der Waals surface area contributed by atoms with Crippen LogP contribution in [0.2, 0.25) is 0 Å². The molecule has 0 spiro atoms. The van der Waals surface area contributed by atoms with E-state index in [1.165, 1.54) is 103 Å². The van der Waals surface area contributed by atoms with Crippen molar-refractivity contribution in [2.45, 2.75) is 104 Å². The smallest absolute Gasteiger partial charge is 0.0770 e. The highest BCUT2D eigenvalue weighted by Gasteiger charge is 2.06. The van der Waals surface area contributed by atoms with Crippen LogP contribution >= 0.6 is 0 Å². The quantitative estimate of drug-likeness (QED) is 0.415. The lowest BCUT2D eigenvalue weighted by Crippen LogP contribution is -3.12. The average Bonchev–Trinajstić information content (AvgIpc) is 2.46. The van der Waals surface area contributed by atoms with E-state index in [2.05, 4.69) is 20.8 Å². The van der Waals surface area contributed by atoms with Crippen LogP contribution in [0.25, 0.3) is 0 Å². The summed E-state index contributed by atoms with van der Waals surface area (Å²) in [6, 6.07) is 0. The largest absolute Gasteiger partial charge is 1.00 e. The Bertz CT molecular complexity index is 157. The van der Waals surface area contributed by atoms with Crippen molar-refractivity contribution in [1.29, 1.82) is 0 Å². The molecule has 0 rings (SSSR count). The van der Waals surface area contributed by atoms with E-state index < -0.39 is 0 Å². The maximum Gasteiger partial charge on any atom is 0.0770 e. The molecule has 1 N–H and O–H groups in total. The van der Waals surface area contributed by atoms with Gasteiger partial charge in [-0.05, 0) is 32.1 Å². The van der Waals surface area contributed by atoms with E-state index in [0.29, 0.717) is 0 Å². The zero-order valence-corrected chi connectivity index (χ0v) is 15.9. The zero-order chi connectivity index (χ0) is 14.9. The summed E-state index contributed by atoms with van der Waals surface area (Å²) in [6.45, 7) is 11.2. The predicted molar refractivity (Wildman–Crippen MR) is 92.6 cm³/mol. The highest BCUT2D eigenvalue weighted by molar-refractivity contribution is 4.45. The summed E-state index contributed by atoms with van der Waals surface area (Å²) in [6.07, 6.45) is 18.6. The second kappa shape index (κ2) is 20.2. The molecule has 130 valence electrons. The molecule has 0 fully saturated rings. The molecule has 0 atom stereocenters. The van der Waals surface area contributed by atoms with Crippen LogP contribution in [0.15, 0.2) is 0 Å². The average molecular weight is 320 g/mol. The van der Waals surface area contributed by atoms with Crippen LogP contribution in [0.5, 0.6) is 0 Å². The standard InChI is InChI=1S/C19H41N.ClH/c1-4-7-9-11-13-15-18-20(17-6-3)19-16-14-12-10-8-5-2;/h4-19H2,1-3H3;1H. The lowest BCUT2D eigenvalue weighted by atomic mass is 10.1. The molecule has 0 saturated carbocycles. The van der Waals surface area contributed by atoms with Crippen LogP contribution in [0.4, 0.5) is 0 Å². The van der Waals surface area contributed by atoms with Gasteiger partial charge in [0, 0.05) is 0 Å². The van der Waals surface area contributed by atoms with Crippen LogP contribution in [0.3, 0.4) is 0 Å². The van der Waals surface area contributed by atoms with Crippen LogP contribution in [0, 0.1) is 0 Å². The maximum atomic E-state index is 2.34. The van der Waals surface area contributed by atoms with Gasteiger partial charge in [-0.3, -0.25) is 0 Å². The van der Waals surface area contributed by atoms with E-state index in [9.17, 15) is 0 Å². The topological polar surface area (TPSA) is 4.44 Å². The van der Waals surface area contributed by atoms with Crippen molar-refractivity contribution in [3.8, 4) is 0 Å². The number of hydrogen-bond acceptors (Lipinski definition) is 0. The van der Waals surface area contributed by atoms with Crippen molar-refractivity contribution in [2.75, 3.05) is 19.6 Å². The first kappa shape index (κ1) is 23.5. The third-order valence-corrected chi connectivity index (χ3v) is 4.37. The van der Waals surface area contributed by atoms with Crippen LogP contribution in [0.1, 0.15) is 104 Å². The summed E-state index contributed by atoms with van der Waals surface area (Å²) < 4.78 is 0. The summed E-state index contributed by atoms with van der Waals surface area (Å²) >= 11 is 0. The Morgan fingerprint density at radius 3 is 1.19 bits per heavy atom. The van der Waals surface area contributed by atoms with Gasteiger partial charge in [0.05, 0.1) is 19.6 Å². The van der Waals surface area contributed by atoms with Gasteiger partial charge in [-0.2, -0.15) is 0 Å². The Morgan fingerprint density at radius 1 is 0.429 bits per heavy atom. The maximum absolute atomic E-state index is 2.34. The van der Waals surface area contributed by atoms with Gasteiger partial charge in [0.25, 0.3) is 0 Å². The molecule has 0 aromatic carbocycles. The fraction of sp³-hybridized carbons (Fsp3) is 1.00. The van der Waals surface area contributed by atoms with Gasteiger partial charge in [0.2, 0.25) is 0 Å². The SMILES string of the molecule is CCCCCCCC[NH+](CCC)CCCCCCCC.[Cl-]. The van der Waals surface area contributed by atoms with Gasteiger partial charge < -0.3 is 17.3 Å². The number of unbranched alkanes of at least 4 members (excludes halogenated alkanes) is 10. The van der Waals surface area contributed by atoms with E-state index in [4.69, 9.17) is 0 Å². The highest BCUT2D eigenvalue weighted by Crippen LogP contribution is 2.04. The van der Waals surface area contributed by atoms with Crippen LogP contribution in [-0.4, -0.2) is 19.6 Å². The Kier molecular flexibility index (Phi) is 22.7. The van der Waals surface area contributed by atoms with Gasteiger partial charge >= 0.3 is 0 Å². The predicted octanol–water partition coefficient (Wildman–Crippen LogP) is 2.01. The number of halogens is 1. The molecular weight excluding hydrogens is 278 g/mol. The molecule has 21 heavy (non-hydrogen) atoms. The van der Waals surface area contributed by atoms with Crippen molar-refractivity contribution in [2.24, 2.45) is 0 Å². The fourth-order valence-corrected chi connectivity index (χ4v) is 3.04. The Hall–Kier alpha value is 0.250. The highest BCUT2D eigenvalue weighted by atomic mass is 35.5. The number of nitrogens with one attached hydrogen (secondary N) is 1. The molecule has 1 nitrogen and oxygen atoms in total. The second-order valence-electron chi connectivity index (χ2n) is 6.54. The van der Waals surface area contributed by atoms with Crippen molar-refractivity contribution >= 4 is 0 Å². The monoisotopic (exact) mass is 319 g/mol. The molecule has 0 aliphatic rings. The summed E-state index contributed by atoms with van der Waals surface area (Å²) in [5.41, 5.74) is 0. The number of hydrogen-bond donors (Lipinski definition) is 1. The van der Waals surface area contributed by atoms with Crippen molar-refractivity contribution in [1.82, 2.24) is 0 Å². The number of rotatable bonds is 16. The summed E-state index contributed by atoms with van der Waals surface area (Å²) in [4.78, 5) is 1.87. The molecule has 0 saturated heterocycles. The van der Waals surface area contributed by atoms with Crippen LogP contribution < -0.4 is 17.3 Å². The van der Waals surface area contributed by atoms with E-state index in [0.717, 1.165) is 0 Å². The van der Waals surface area contributed by atoms with Gasteiger partial charge in [0.1, 0.15) is 0 Å². The third kappa shape index (κ3) is 18.2. The summed E-state index contributed by atoms with van der Waals surface area (Å²) in [5.74, 6) is 0. The Balaban J connectivity index is 0. The molecule has 0 radical (unpaired) electrons. The third-order valence-electron chi connectivity index (χ3n) is 4.37. The Labute approximate surface area is 141 Å². The van der Waals surface area contributed by atoms with E-state index >= 15 is 0 Å². The molecule has 0 aliphatic heterocycles. The minimum absolute atomic E-state index is 0. The van der Waals surface area contributed by atoms with Crippen molar-refractivity contribution < 1.29 is 17.3 Å². The zero-order valence-electron chi connectivity index (χ0n) is 15.2. The van der Waals surface area contributed by atoms with Crippen molar-refractivity contribution in [3.63, 3.8) is 0 Å². The molecule has 0 heterocycles. The fourth-order valence-electron chi connectivity index (χ4n) is 3.04. The molecular formula is C19H42ClN. The van der Waals surface area contributed by atoms with E-state index in [-0.39, 0.29) is 12.4 Å². The minimum Gasteiger partial charge on any atom is -1.00 e. The second-order valence-corrected chi connectivity index (χ2v) is 6.54. The van der Waals surface area contributed by atoms with Crippen molar-refractivity contribution in [3.05, 3.63) is 0 Å². The first-order chi connectivity index (χ1) is 9.85. The summed E-state index contributed by atoms with van der Waals surface area (Å²) in [7, 11) is 0. The molecule has 0 unspecified atom stereocenters. The number of quaternary nitrogens is 1. The molecule has 0 aromatic rings. The van der Waals surface area contributed by atoms with Gasteiger partial charge in [-0.15, -0.1) is 0 Å². The lowest BCUT2D eigenvalue weighted by molar-refractivity contribution is -0.900. The molecule has 0 bridgehead atoms. The molecule has 0 aliphatic carbocycles. The van der Waals surface area contributed by atoms with E-state index in [1.54, 1.807) is 0 Å². The Morgan fingerprint density at radius 2 is 0.810 bits per heavy atom. The van der Waals surface area contributed by atoms with Gasteiger partial charge in [-0.25, -0.2) is 0 Å². The first-order valence-electron chi connectivity index (χ1n) is 9.68. The van der Waals surface area contributed by atoms with Crippen LogP contribution in [-0.2, 0) is 0 Å². The summed E-state index contributed by atoms with van der Waals surface area (Å²) in [5, 5.41) is 0. The first-order valence-corrected chi connectivity index (χ1v) is 9.68. The molecule has 0 aromatic heterocycles. The van der Waals surface area contributed by atoms with Gasteiger partial charge in [0.15, 0.2) is 0 Å².